The maximum absolute atomic E-state index is 12.8. The third-order valence-electron chi connectivity index (χ3n) is 5.18. The summed E-state index contributed by atoms with van der Waals surface area (Å²) in [6.45, 7) is 4.95. The standard InChI is InChI=1S/C22H23N3O3S/c1-3-28-17-9-10-18-19(12-17)29-22(23-18)24-21(27)16-11-20(26)25(13-16)14(2)15-7-5-4-6-8-15/h4-10,12,14,16H,3,11,13H2,1-2H3,(H,23,24,27)/t14-,16+/m0/s1. The van der Waals surface area contributed by atoms with Crippen LogP contribution in [0.1, 0.15) is 31.9 Å². The molecule has 2 atom stereocenters. The van der Waals surface area contributed by atoms with Crippen molar-refractivity contribution in [1.82, 2.24) is 9.88 Å². The summed E-state index contributed by atoms with van der Waals surface area (Å²) in [5.41, 5.74) is 1.88. The van der Waals surface area contributed by atoms with Crippen LogP contribution in [-0.4, -0.2) is 34.8 Å². The molecule has 0 unspecified atom stereocenters. The zero-order chi connectivity index (χ0) is 20.4. The molecule has 3 aromatic rings. The van der Waals surface area contributed by atoms with Gasteiger partial charge in [-0.25, -0.2) is 4.98 Å². The van der Waals surface area contributed by atoms with E-state index in [0.717, 1.165) is 21.5 Å². The Bertz CT molecular complexity index is 1030. The molecule has 1 aliphatic rings. The molecule has 1 saturated heterocycles. The van der Waals surface area contributed by atoms with Crippen LogP contribution >= 0.6 is 11.3 Å². The Hall–Kier alpha value is -2.93. The van der Waals surface area contributed by atoms with Gasteiger partial charge in [-0.1, -0.05) is 41.7 Å². The highest BCUT2D eigenvalue weighted by atomic mass is 32.1. The number of hydrogen-bond acceptors (Lipinski definition) is 5. The number of ether oxygens (including phenoxy) is 1. The molecule has 0 aliphatic carbocycles. The van der Waals surface area contributed by atoms with E-state index in [1.165, 1.54) is 11.3 Å². The van der Waals surface area contributed by atoms with Gasteiger partial charge in [0.25, 0.3) is 0 Å². The van der Waals surface area contributed by atoms with Crippen LogP contribution in [0.3, 0.4) is 0 Å². The molecule has 0 spiro atoms. The summed E-state index contributed by atoms with van der Waals surface area (Å²) >= 11 is 1.41. The molecular formula is C22H23N3O3S. The van der Waals surface area contributed by atoms with Gasteiger partial charge in [-0.15, -0.1) is 0 Å². The highest BCUT2D eigenvalue weighted by molar-refractivity contribution is 7.22. The van der Waals surface area contributed by atoms with E-state index in [4.69, 9.17) is 4.74 Å². The molecule has 4 rings (SSSR count). The fourth-order valence-corrected chi connectivity index (χ4v) is 4.51. The number of nitrogens with one attached hydrogen (secondary N) is 1. The Balaban J connectivity index is 1.44. The number of thiazole rings is 1. The number of hydrogen-bond donors (Lipinski definition) is 1. The minimum atomic E-state index is -0.375. The fraction of sp³-hybridized carbons (Fsp3) is 0.318. The Labute approximate surface area is 173 Å². The van der Waals surface area contributed by atoms with Crippen molar-refractivity contribution in [1.29, 1.82) is 0 Å². The first kappa shape index (κ1) is 19.4. The van der Waals surface area contributed by atoms with Gasteiger partial charge in [-0.05, 0) is 37.6 Å². The molecule has 2 amide bonds. The lowest BCUT2D eigenvalue weighted by atomic mass is 10.1. The van der Waals surface area contributed by atoms with Crippen LogP contribution in [-0.2, 0) is 9.59 Å². The quantitative estimate of drug-likeness (QED) is 0.661. The first-order valence-corrected chi connectivity index (χ1v) is 10.6. The van der Waals surface area contributed by atoms with E-state index in [0.29, 0.717) is 18.3 Å². The summed E-state index contributed by atoms with van der Waals surface area (Å²) in [7, 11) is 0. The van der Waals surface area contributed by atoms with Gasteiger partial charge < -0.3 is 15.0 Å². The van der Waals surface area contributed by atoms with Gasteiger partial charge in [0.2, 0.25) is 11.8 Å². The predicted octanol–water partition coefficient (Wildman–Crippen LogP) is 4.24. The van der Waals surface area contributed by atoms with Crippen molar-refractivity contribution in [3.05, 3.63) is 54.1 Å². The summed E-state index contributed by atoms with van der Waals surface area (Å²) in [6.07, 6.45) is 0.225. The van der Waals surface area contributed by atoms with E-state index in [1.54, 1.807) is 4.90 Å². The Morgan fingerprint density at radius 1 is 1.31 bits per heavy atom. The largest absolute Gasteiger partial charge is 0.494 e. The summed E-state index contributed by atoms with van der Waals surface area (Å²) in [6, 6.07) is 15.5. The van der Waals surface area contributed by atoms with E-state index in [-0.39, 0.29) is 30.2 Å². The molecule has 150 valence electrons. The molecule has 0 saturated carbocycles. The van der Waals surface area contributed by atoms with Crippen LogP contribution in [0.25, 0.3) is 10.2 Å². The number of aromatic nitrogens is 1. The molecule has 1 aromatic heterocycles. The molecule has 29 heavy (non-hydrogen) atoms. The van der Waals surface area contributed by atoms with Crippen LogP contribution in [0.2, 0.25) is 0 Å². The first-order chi connectivity index (χ1) is 14.0. The summed E-state index contributed by atoms with van der Waals surface area (Å²) in [5, 5.41) is 3.44. The minimum Gasteiger partial charge on any atom is -0.494 e. The van der Waals surface area contributed by atoms with Crippen LogP contribution in [0, 0.1) is 5.92 Å². The third kappa shape index (κ3) is 4.10. The van der Waals surface area contributed by atoms with Crippen molar-refractivity contribution in [3.8, 4) is 5.75 Å². The second-order valence-corrected chi connectivity index (χ2v) is 8.14. The topological polar surface area (TPSA) is 71.5 Å². The first-order valence-electron chi connectivity index (χ1n) is 9.74. The van der Waals surface area contributed by atoms with Crippen molar-refractivity contribution < 1.29 is 14.3 Å². The number of rotatable bonds is 6. The van der Waals surface area contributed by atoms with E-state index >= 15 is 0 Å². The van der Waals surface area contributed by atoms with E-state index < -0.39 is 0 Å². The number of likely N-dealkylation sites (tertiary alicyclic amines) is 1. The monoisotopic (exact) mass is 409 g/mol. The molecule has 2 heterocycles. The number of carbonyl (C=O) groups is 2. The zero-order valence-electron chi connectivity index (χ0n) is 16.4. The van der Waals surface area contributed by atoms with Crippen LogP contribution < -0.4 is 10.1 Å². The van der Waals surface area contributed by atoms with Gasteiger partial charge in [0, 0.05) is 13.0 Å². The summed E-state index contributed by atoms with van der Waals surface area (Å²) < 4.78 is 6.47. The maximum atomic E-state index is 12.8. The SMILES string of the molecule is CCOc1ccc2nc(NC(=O)[C@@H]3CC(=O)N([C@@H](C)c4ccccc4)C3)sc2c1. The van der Waals surface area contributed by atoms with Crippen molar-refractivity contribution in [2.24, 2.45) is 5.92 Å². The molecule has 2 aromatic carbocycles. The van der Waals surface area contributed by atoms with Crippen molar-refractivity contribution >= 4 is 38.5 Å². The Kier molecular flexibility index (Phi) is 5.49. The average molecular weight is 410 g/mol. The number of amides is 2. The van der Waals surface area contributed by atoms with E-state index in [2.05, 4.69) is 10.3 Å². The number of benzene rings is 2. The molecule has 0 bridgehead atoms. The molecule has 1 aliphatic heterocycles. The van der Waals surface area contributed by atoms with Crippen LogP contribution in [0.4, 0.5) is 5.13 Å². The second-order valence-electron chi connectivity index (χ2n) is 7.10. The molecule has 1 N–H and O–H groups in total. The third-order valence-corrected chi connectivity index (χ3v) is 6.11. The van der Waals surface area contributed by atoms with E-state index in [1.807, 2.05) is 62.4 Å². The van der Waals surface area contributed by atoms with Crippen molar-refractivity contribution in [2.75, 3.05) is 18.5 Å². The highest BCUT2D eigenvalue weighted by Crippen LogP contribution is 2.32. The van der Waals surface area contributed by atoms with Gasteiger partial charge in [0.15, 0.2) is 5.13 Å². The lowest BCUT2D eigenvalue weighted by Crippen LogP contribution is -2.30. The summed E-state index contributed by atoms with van der Waals surface area (Å²) in [4.78, 5) is 31.5. The molecule has 6 nitrogen and oxygen atoms in total. The van der Waals surface area contributed by atoms with E-state index in [9.17, 15) is 9.59 Å². The normalized spacial score (nSPS) is 17.5. The molecule has 1 fully saturated rings. The van der Waals surface area contributed by atoms with Gasteiger partial charge in [-0.2, -0.15) is 0 Å². The van der Waals surface area contributed by atoms with Crippen LogP contribution in [0.15, 0.2) is 48.5 Å². The second kappa shape index (κ2) is 8.21. The number of anilines is 1. The van der Waals surface area contributed by atoms with Gasteiger partial charge in [-0.3, -0.25) is 9.59 Å². The van der Waals surface area contributed by atoms with Crippen molar-refractivity contribution in [2.45, 2.75) is 26.3 Å². The smallest absolute Gasteiger partial charge is 0.231 e. The maximum Gasteiger partial charge on any atom is 0.231 e. The molecule has 0 radical (unpaired) electrons. The minimum absolute atomic E-state index is 0.00663. The summed E-state index contributed by atoms with van der Waals surface area (Å²) in [5.74, 6) is 0.255. The Morgan fingerprint density at radius 3 is 2.86 bits per heavy atom. The average Bonchev–Trinajstić information content (AvgIpc) is 3.31. The number of nitrogens with zero attached hydrogens (tertiary/aromatic N) is 2. The van der Waals surface area contributed by atoms with Gasteiger partial charge in [0.05, 0.1) is 28.8 Å². The van der Waals surface area contributed by atoms with Crippen LogP contribution in [0.5, 0.6) is 5.75 Å². The molecule has 7 heteroatoms. The number of carbonyl (C=O) groups excluding carboxylic acids is 2. The predicted molar refractivity (Wildman–Crippen MR) is 114 cm³/mol. The fourth-order valence-electron chi connectivity index (χ4n) is 3.62. The molecular weight excluding hydrogens is 386 g/mol. The van der Waals surface area contributed by atoms with Crippen molar-refractivity contribution in [3.63, 3.8) is 0 Å². The lowest BCUT2D eigenvalue weighted by molar-refractivity contribution is -0.129. The van der Waals surface area contributed by atoms with Gasteiger partial charge in [0.1, 0.15) is 5.75 Å². The highest BCUT2D eigenvalue weighted by Gasteiger charge is 2.37. The zero-order valence-corrected chi connectivity index (χ0v) is 17.2. The Morgan fingerprint density at radius 2 is 2.10 bits per heavy atom. The lowest BCUT2D eigenvalue weighted by Gasteiger charge is -2.25. The number of fused-ring (bicyclic) bond motifs is 1. The van der Waals surface area contributed by atoms with Gasteiger partial charge >= 0.3 is 0 Å².